The maximum atomic E-state index is 10.8. The number of carbonyl (C=O) groups excluding carboxylic acids is 1. The van der Waals surface area contributed by atoms with Gasteiger partial charge in [0.25, 0.3) is 0 Å². The summed E-state index contributed by atoms with van der Waals surface area (Å²) in [5, 5.41) is 0. The fourth-order valence-corrected chi connectivity index (χ4v) is 5.65. The topological polar surface area (TPSA) is 38.8 Å². The molecule has 4 heteroatoms. The molecule has 0 N–H and O–H groups in total. The Labute approximate surface area is 119 Å². The lowest BCUT2D eigenvalue weighted by molar-refractivity contribution is -0.108. The first-order valence-corrected chi connectivity index (χ1v) is 10.5. The zero-order valence-corrected chi connectivity index (χ0v) is 14.0. The summed E-state index contributed by atoms with van der Waals surface area (Å²) in [7, 11) is -1.60. The van der Waals surface area contributed by atoms with E-state index in [-0.39, 0.29) is 18.3 Å². The third-order valence-corrected chi connectivity index (χ3v) is 9.16. The predicted octanol–water partition coefficient (Wildman–Crippen LogP) is 3.92. The molecule has 1 aliphatic rings. The molecule has 0 aliphatic carbocycles. The largest absolute Gasteiger partial charge is 0.411 e. The van der Waals surface area contributed by atoms with Gasteiger partial charge in [-0.05, 0) is 24.6 Å². The standard InChI is InChI=1S/C15H30O3Si/c1-5-9-10-11-13(15-14(12-16)17-15)18-19(6-2,7-3)8-4/h12-15H,5-11H2,1-4H3/t13-,14+,15+/m1/s1. The Morgan fingerprint density at radius 3 is 2.21 bits per heavy atom. The molecule has 0 spiro atoms. The van der Waals surface area contributed by atoms with Crippen molar-refractivity contribution in [3.8, 4) is 0 Å². The summed E-state index contributed by atoms with van der Waals surface area (Å²) in [6, 6.07) is 3.47. The molecule has 0 radical (unpaired) electrons. The normalized spacial score (nSPS) is 24.2. The van der Waals surface area contributed by atoms with Crippen molar-refractivity contribution in [2.24, 2.45) is 0 Å². The van der Waals surface area contributed by atoms with E-state index in [2.05, 4.69) is 27.7 Å². The Morgan fingerprint density at radius 2 is 1.79 bits per heavy atom. The molecule has 3 nitrogen and oxygen atoms in total. The fourth-order valence-electron chi connectivity index (χ4n) is 2.75. The summed E-state index contributed by atoms with van der Waals surface area (Å²) in [6.45, 7) is 8.94. The highest BCUT2D eigenvalue weighted by Crippen LogP contribution is 2.33. The molecule has 0 aromatic carbocycles. The lowest BCUT2D eigenvalue weighted by Gasteiger charge is -2.33. The fraction of sp³-hybridized carbons (Fsp3) is 0.933. The average molecular weight is 286 g/mol. The highest BCUT2D eigenvalue weighted by molar-refractivity contribution is 6.73. The zero-order valence-electron chi connectivity index (χ0n) is 13.0. The van der Waals surface area contributed by atoms with Crippen LogP contribution >= 0.6 is 0 Å². The molecule has 0 bridgehead atoms. The number of hydrogen-bond acceptors (Lipinski definition) is 3. The molecule has 0 amide bonds. The summed E-state index contributed by atoms with van der Waals surface area (Å²) >= 11 is 0. The highest BCUT2D eigenvalue weighted by atomic mass is 28.4. The van der Waals surface area contributed by atoms with Crippen LogP contribution in [-0.2, 0) is 14.0 Å². The molecule has 1 aliphatic heterocycles. The van der Waals surface area contributed by atoms with Crippen molar-refractivity contribution in [1.29, 1.82) is 0 Å². The number of aldehydes is 1. The summed E-state index contributed by atoms with van der Waals surface area (Å²) in [5.74, 6) is 0. The van der Waals surface area contributed by atoms with Crippen LogP contribution in [0.5, 0.6) is 0 Å². The lowest BCUT2D eigenvalue weighted by Crippen LogP contribution is -2.42. The summed E-state index contributed by atoms with van der Waals surface area (Å²) in [4.78, 5) is 10.8. The van der Waals surface area contributed by atoms with Gasteiger partial charge in [0.05, 0.1) is 6.10 Å². The number of epoxide rings is 1. The maximum Gasteiger partial charge on any atom is 0.192 e. The van der Waals surface area contributed by atoms with E-state index in [1.165, 1.54) is 19.3 Å². The molecular formula is C15H30O3Si. The van der Waals surface area contributed by atoms with E-state index in [0.29, 0.717) is 0 Å². The van der Waals surface area contributed by atoms with Crippen molar-refractivity contribution in [3.05, 3.63) is 0 Å². The smallest absolute Gasteiger partial charge is 0.192 e. The SMILES string of the molecule is CCCCC[C@@H](O[Si](CC)(CC)CC)[C@@H]1O[C@H]1C=O. The van der Waals surface area contributed by atoms with Crippen molar-refractivity contribution in [3.63, 3.8) is 0 Å². The second-order valence-electron chi connectivity index (χ2n) is 5.60. The van der Waals surface area contributed by atoms with Gasteiger partial charge in [-0.2, -0.15) is 0 Å². The van der Waals surface area contributed by atoms with Crippen LogP contribution in [0.2, 0.25) is 18.1 Å². The number of unbranched alkanes of at least 4 members (excludes halogenated alkanes) is 2. The van der Waals surface area contributed by atoms with Crippen LogP contribution in [0.3, 0.4) is 0 Å². The van der Waals surface area contributed by atoms with E-state index in [9.17, 15) is 4.79 Å². The number of hydrogen-bond donors (Lipinski definition) is 0. The number of carbonyl (C=O) groups is 1. The third kappa shape index (κ3) is 4.69. The van der Waals surface area contributed by atoms with Gasteiger partial charge in [0, 0.05) is 0 Å². The van der Waals surface area contributed by atoms with Gasteiger partial charge in [-0.1, -0.05) is 47.0 Å². The molecule has 1 saturated heterocycles. The van der Waals surface area contributed by atoms with Gasteiger partial charge in [-0.25, -0.2) is 0 Å². The minimum absolute atomic E-state index is 0.0332. The van der Waals surface area contributed by atoms with Crippen molar-refractivity contribution in [2.75, 3.05) is 0 Å². The molecule has 0 saturated carbocycles. The molecular weight excluding hydrogens is 256 g/mol. The molecule has 19 heavy (non-hydrogen) atoms. The minimum atomic E-state index is -1.60. The molecule has 1 fully saturated rings. The van der Waals surface area contributed by atoms with E-state index in [1.54, 1.807) is 0 Å². The Morgan fingerprint density at radius 1 is 1.16 bits per heavy atom. The van der Waals surface area contributed by atoms with Crippen LogP contribution in [0.4, 0.5) is 0 Å². The second-order valence-corrected chi connectivity index (χ2v) is 10.3. The molecule has 0 aromatic rings. The van der Waals surface area contributed by atoms with Gasteiger partial charge in [-0.15, -0.1) is 0 Å². The van der Waals surface area contributed by atoms with Gasteiger partial charge in [0.1, 0.15) is 12.2 Å². The van der Waals surface area contributed by atoms with Crippen molar-refractivity contribution >= 4 is 14.6 Å². The second kappa shape index (κ2) is 8.17. The summed E-state index contributed by atoms with van der Waals surface area (Å²) in [6.07, 6.45) is 5.56. The van der Waals surface area contributed by atoms with Gasteiger partial charge in [0.2, 0.25) is 0 Å². The maximum absolute atomic E-state index is 10.8. The van der Waals surface area contributed by atoms with E-state index in [4.69, 9.17) is 9.16 Å². The van der Waals surface area contributed by atoms with E-state index in [0.717, 1.165) is 30.8 Å². The number of ether oxygens (including phenoxy) is 1. The average Bonchev–Trinajstić information content (AvgIpc) is 3.23. The Bertz CT molecular complexity index is 258. The summed E-state index contributed by atoms with van der Waals surface area (Å²) < 4.78 is 12.0. The minimum Gasteiger partial charge on any atom is -0.411 e. The van der Waals surface area contributed by atoms with Crippen molar-refractivity contribution in [1.82, 2.24) is 0 Å². The molecule has 1 rings (SSSR count). The first-order valence-electron chi connectivity index (χ1n) is 7.94. The number of rotatable bonds is 11. The van der Waals surface area contributed by atoms with Crippen LogP contribution < -0.4 is 0 Å². The van der Waals surface area contributed by atoms with Gasteiger partial charge in [-0.3, -0.25) is 0 Å². The Balaban J connectivity index is 2.59. The van der Waals surface area contributed by atoms with E-state index in [1.807, 2.05) is 0 Å². The first kappa shape index (κ1) is 16.9. The molecule has 0 unspecified atom stereocenters. The van der Waals surface area contributed by atoms with Gasteiger partial charge in [0.15, 0.2) is 14.6 Å². The first-order chi connectivity index (χ1) is 9.16. The van der Waals surface area contributed by atoms with Gasteiger partial charge >= 0.3 is 0 Å². The van der Waals surface area contributed by atoms with Crippen LogP contribution in [0.15, 0.2) is 0 Å². The Kier molecular flexibility index (Phi) is 7.25. The molecule has 0 aromatic heterocycles. The van der Waals surface area contributed by atoms with Crippen LogP contribution in [-0.4, -0.2) is 32.9 Å². The molecule has 112 valence electrons. The molecule has 3 atom stereocenters. The molecule has 1 heterocycles. The highest BCUT2D eigenvalue weighted by Gasteiger charge is 2.47. The monoisotopic (exact) mass is 286 g/mol. The van der Waals surface area contributed by atoms with Crippen molar-refractivity contribution in [2.45, 2.75) is 89.8 Å². The van der Waals surface area contributed by atoms with Crippen LogP contribution in [0.25, 0.3) is 0 Å². The zero-order chi connectivity index (χ0) is 14.3. The quantitative estimate of drug-likeness (QED) is 0.250. The lowest BCUT2D eigenvalue weighted by atomic mass is 10.1. The van der Waals surface area contributed by atoms with E-state index < -0.39 is 8.32 Å². The van der Waals surface area contributed by atoms with Crippen LogP contribution in [0.1, 0.15) is 53.4 Å². The van der Waals surface area contributed by atoms with Crippen LogP contribution in [0, 0.1) is 0 Å². The predicted molar refractivity (Wildman–Crippen MR) is 80.9 cm³/mol. The summed E-state index contributed by atoms with van der Waals surface area (Å²) in [5.41, 5.74) is 0. The third-order valence-electron chi connectivity index (χ3n) is 4.49. The van der Waals surface area contributed by atoms with E-state index >= 15 is 0 Å². The Hall–Kier alpha value is -0.193. The van der Waals surface area contributed by atoms with Gasteiger partial charge < -0.3 is 14.0 Å². The van der Waals surface area contributed by atoms with Crippen molar-refractivity contribution < 1.29 is 14.0 Å².